The smallest absolute Gasteiger partial charge is 0.222 e. The quantitative estimate of drug-likeness (QED) is 0.927. The van der Waals surface area contributed by atoms with Crippen molar-refractivity contribution in [1.29, 1.82) is 0 Å². The predicted octanol–water partition coefficient (Wildman–Crippen LogP) is 3.26. The van der Waals surface area contributed by atoms with Crippen LogP contribution in [-0.4, -0.2) is 37.0 Å². The number of piperidine rings is 2. The fourth-order valence-corrected chi connectivity index (χ4v) is 3.99. The molecule has 1 unspecified atom stereocenters. The molecule has 3 rings (SSSR count). The summed E-state index contributed by atoms with van der Waals surface area (Å²) in [6, 6.07) is 7.81. The highest BCUT2D eigenvalue weighted by molar-refractivity contribution is 6.30. The Morgan fingerprint density at radius 3 is 2.73 bits per heavy atom. The van der Waals surface area contributed by atoms with Crippen LogP contribution in [0.15, 0.2) is 24.3 Å². The number of nitrogens with one attached hydrogen (secondary N) is 1. The van der Waals surface area contributed by atoms with Crippen LogP contribution in [0.5, 0.6) is 0 Å². The number of nitrogens with zero attached hydrogens (tertiary/aromatic N) is 1. The van der Waals surface area contributed by atoms with Crippen LogP contribution in [0.3, 0.4) is 0 Å². The van der Waals surface area contributed by atoms with Gasteiger partial charge >= 0.3 is 0 Å². The summed E-state index contributed by atoms with van der Waals surface area (Å²) in [6.07, 6.45) is 6.33. The van der Waals surface area contributed by atoms with E-state index in [1.807, 2.05) is 24.3 Å². The summed E-state index contributed by atoms with van der Waals surface area (Å²) >= 11 is 5.90. The zero-order valence-electron chi connectivity index (χ0n) is 13.1. The van der Waals surface area contributed by atoms with Crippen molar-refractivity contribution in [2.45, 2.75) is 38.5 Å². The lowest BCUT2D eigenvalue weighted by Crippen LogP contribution is -2.52. The molecule has 1 N–H and O–H groups in total. The first-order chi connectivity index (χ1) is 10.7. The molecule has 1 aromatic rings. The van der Waals surface area contributed by atoms with Crippen molar-refractivity contribution in [2.75, 3.05) is 26.2 Å². The molecule has 1 atom stereocenters. The van der Waals surface area contributed by atoms with Crippen LogP contribution in [0.25, 0.3) is 0 Å². The highest BCUT2D eigenvalue weighted by Crippen LogP contribution is 2.36. The molecule has 4 heteroatoms. The van der Waals surface area contributed by atoms with E-state index in [0.29, 0.717) is 17.7 Å². The van der Waals surface area contributed by atoms with Crippen LogP contribution in [0.1, 0.15) is 37.7 Å². The fraction of sp³-hybridized carbons (Fsp3) is 0.611. The van der Waals surface area contributed by atoms with Gasteiger partial charge in [-0.05, 0) is 56.3 Å². The minimum atomic E-state index is 0.305. The van der Waals surface area contributed by atoms with Crippen molar-refractivity contribution in [3.8, 4) is 0 Å². The highest BCUT2D eigenvalue weighted by Gasteiger charge is 2.37. The molecule has 22 heavy (non-hydrogen) atoms. The third-order valence-corrected chi connectivity index (χ3v) is 5.37. The number of aryl methyl sites for hydroxylation is 1. The van der Waals surface area contributed by atoms with E-state index in [1.54, 1.807) is 0 Å². The summed E-state index contributed by atoms with van der Waals surface area (Å²) in [6.45, 7) is 4.08. The van der Waals surface area contributed by atoms with Crippen molar-refractivity contribution in [2.24, 2.45) is 5.41 Å². The number of rotatable bonds is 3. The molecule has 0 aliphatic carbocycles. The Morgan fingerprint density at radius 2 is 2.00 bits per heavy atom. The lowest BCUT2D eigenvalue weighted by molar-refractivity contribution is -0.135. The van der Waals surface area contributed by atoms with Crippen molar-refractivity contribution in [1.82, 2.24) is 10.2 Å². The first kappa shape index (κ1) is 15.8. The van der Waals surface area contributed by atoms with Gasteiger partial charge in [0.25, 0.3) is 0 Å². The van der Waals surface area contributed by atoms with Gasteiger partial charge in [-0.1, -0.05) is 23.7 Å². The van der Waals surface area contributed by atoms with Crippen LogP contribution in [0.4, 0.5) is 0 Å². The molecule has 2 aliphatic rings. The minimum absolute atomic E-state index is 0.305. The first-order valence-corrected chi connectivity index (χ1v) is 8.78. The molecule has 3 nitrogen and oxygen atoms in total. The Balaban J connectivity index is 1.54. The predicted molar refractivity (Wildman–Crippen MR) is 90.1 cm³/mol. The van der Waals surface area contributed by atoms with Crippen LogP contribution in [0.2, 0.25) is 5.02 Å². The second-order valence-corrected chi connectivity index (χ2v) is 7.26. The van der Waals surface area contributed by atoms with Gasteiger partial charge in [-0.15, -0.1) is 0 Å². The number of amides is 1. The zero-order chi connectivity index (χ0) is 15.4. The van der Waals surface area contributed by atoms with Crippen molar-refractivity contribution < 1.29 is 4.79 Å². The van der Waals surface area contributed by atoms with Gasteiger partial charge in [0.05, 0.1) is 0 Å². The van der Waals surface area contributed by atoms with E-state index in [2.05, 4.69) is 10.2 Å². The summed E-state index contributed by atoms with van der Waals surface area (Å²) < 4.78 is 0. The van der Waals surface area contributed by atoms with E-state index in [4.69, 9.17) is 11.6 Å². The lowest BCUT2D eigenvalue weighted by atomic mass is 9.74. The van der Waals surface area contributed by atoms with Crippen molar-refractivity contribution >= 4 is 17.5 Å². The van der Waals surface area contributed by atoms with Gasteiger partial charge in [0, 0.05) is 36.5 Å². The second-order valence-electron chi connectivity index (χ2n) is 6.83. The molecule has 0 saturated carbocycles. The molecule has 0 radical (unpaired) electrons. The molecule has 1 spiro atoms. The van der Waals surface area contributed by atoms with Gasteiger partial charge < -0.3 is 10.2 Å². The Hall–Kier alpha value is -1.06. The van der Waals surface area contributed by atoms with E-state index in [0.717, 1.165) is 44.0 Å². The summed E-state index contributed by atoms with van der Waals surface area (Å²) in [5.74, 6) is 0.305. The zero-order valence-corrected chi connectivity index (χ0v) is 13.9. The Kier molecular flexibility index (Phi) is 5.04. The molecule has 2 fully saturated rings. The maximum Gasteiger partial charge on any atom is 0.222 e. The van der Waals surface area contributed by atoms with Crippen LogP contribution < -0.4 is 5.32 Å². The number of halogens is 1. The van der Waals surface area contributed by atoms with Crippen LogP contribution in [-0.2, 0) is 11.2 Å². The monoisotopic (exact) mass is 320 g/mol. The summed E-state index contributed by atoms with van der Waals surface area (Å²) in [4.78, 5) is 14.6. The summed E-state index contributed by atoms with van der Waals surface area (Å²) in [5.41, 5.74) is 1.52. The Morgan fingerprint density at radius 1 is 1.23 bits per heavy atom. The molecule has 1 aromatic carbocycles. The maximum atomic E-state index is 12.5. The van der Waals surface area contributed by atoms with Gasteiger partial charge in [-0.25, -0.2) is 0 Å². The molecule has 2 heterocycles. The normalized spacial score (nSPS) is 25.4. The lowest BCUT2D eigenvalue weighted by Gasteiger charge is -2.45. The average molecular weight is 321 g/mol. The van der Waals surface area contributed by atoms with E-state index < -0.39 is 0 Å². The SMILES string of the molecule is O=C(CCc1ccc(Cl)cc1)N1CCCC2(CCCNC2)C1. The molecule has 1 amide bonds. The minimum Gasteiger partial charge on any atom is -0.342 e. The van der Waals surface area contributed by atoms with E-state index >= 15 is 0 Å². The number of hydrogen-bond acceptors (Lipinski definition) is 2. The summed E-state index contributed by atoms with van der Waals surface area (Å²) in [5, 5.41) is 4.27. The molecule has 0 bridgehead atoms. The summed E-state index contributed by atoms with van der Waals surface area (Å²) in [7, 11) is 0. The largest absolute Gasteiger partial charge is 0.342 e. The average Bonchev–Trinajstić information content (AvgIpc) is 2.55. The standard InChI is InChI=1S/C18H25ClN2O/c19-16-6-3-15(4-7-16)5-8-17(22)21-12-2-10-18(14-21)9-1-11-20-13-18/h3-4,6-7,20H,1-2,5,8-14H2. The van der Waals surface area contributed by atoms with E-state index in [9.17, 15) is 4.79 Å². The number of likely N-dealkylation sites (tertiary alicyclic amines) is 1. The van der Waals surface area contributed by atoms with Crippen molar-refractivity contribution in [3.63, 3.8) is 0 Å². The molecule has 2 saturated heterocycles. The molecular weight excluding hydrogens is 296 g/mol. The first-order valence-electron chi connectivity index (χ1n) is 8.40. The van der Waals surface area contributed by atoms with E-state index in [-0.39, 0.29) is 0 Å². The number of benzene rings is 1. The topological polar surface area (TPSA) is 32.3 Å². The third-order valence-electron chi connectivity index (χ3n) is 5.12. The van der Waals surface area contributed by atoms with Crippen molar-refractivity contribution in [3.05, 3.63) is 34.9 Å². The number of carbonyl (C=O) groups excluding carboxylic acids is 1. The molecule has 120 valence electrons. The molecule has 0 aromatic heterocycles. The van der Waals surface area contributed by atoms with Gasteiger partial charge in [-0.2, -0.15) is 0 Å². The third kappa shape index (κ3) is 3.82. The van der Waals surface area contributed by atoms with Gasteiger partial charge in [0.15, 0.2) is 0 Å². The van der Waals surface area contributed by atoms with Crippen LogP contribution >= 0.6 is 11.6 Å². The van der Waals surface area contributed by atoms with Gasteiger partial charge in [-0.3, -0.25) is 4.79 Å². The van der Waals surface area contributed by atoms with Gasteiger partial charge in [0.1, 0.15) is 0 Å². The fourth-order valence-electron chi connectivity index (χ4n) is 3.86. The number of carbonyl (C=O) groups is 1. The van der Waals surface area contributed by atoms with Gasteiger partial charge in [0.2, 0.25) is 5.91 Å². The molecule has 2 aliphatic heterocycles. The Bertz CT molecular complexity index is 503. The van der Waals surface area contributed by atoms with E-state index in [1.165, 1.54) is 24.8 Å². The van der Waals surface area contributed by atoms with Crippen LogP contribution in [0, 0.1) is 5.41 Å². The Labute approximate surface area is 138 Å². The number of hydrogen-bond donors (Lipinski definition) is 1. The highest BCUT2D eigenvalue weighted by atomic mass is 35.5. The second kappa shape index (κ2) is 7.01. The molecular formula is C18H25ClN2O. The maximum absolute atomic E-state index is 12.5.